The molecule has 2 N–H and O–H groups in total. The zero-order valence-corrected chi connectivity index (χ0v) is 39.0. The van der Waals surface area contributed by atoms with Crippen molar-refractivity contribution < 1.29 is 42.9 Å². The molecule has 0 radical (unpaired) electrons. The van der Waals surface area contributed by atoms with Crippen molar-refractivity contribution in [2.75, 3.05) is 59.5 Å². The number of imide groups is 2. The summed E-state index contributed by atoms with van der Waals surface area (Å²) >= 11 is 0. The Bertz CT molecular complexity index is 2950. The van der Waals surface area contributed by atoms with Gasteiger partial charge in [-0.15, -0.1) is 0 Å². The van der Waals surface area contributed by atoms with Crippen molar-refractivity contribution in [1.82, 2.24) is 29.7 Å². The van der Waals surface area contributed by atoms with Gasteiger partial charge in [0.05, 0.1) is 57.3 Å². The summed E-state index contributed by atoms with van der Waals surface area (Å²) in [6.07, 6.45) is 7.80. The predicted octanol–water partition coefficient (Wildman–Crippen LogP) is 7.31. The molecule has 9 rings (SSSR count). The first-order valence-corrected chi connectivity index (χ1v) is 23.8. The molecule has 0 spiro atoms. The van der Waals surface area contributed by atoms with Gasteiger partial charge >= 0.3 is 0 Å². The zero-order chi connectivity index (χ0) is 47.8. The zero-order valence-electron chi connectivity index (χ0n) is 39.0. The van der Waals surface area contributed by atoms with Gasteiger partial charge in [-0.25, -0.2) is 9.97 Å². The Hall–Kier alpha value is -6.80. The summed E-state index contributed by atoms with van der Waals surface area (Å²) < 4.78 is 31.8. The molecule has 6 heterocycles. The third kappa shape index (κ3) is 12.1. The summed E-state index contributed by atoms with van der Waals surface area (Å²) in [4.78, 5) is 57.8. The number of amides is 4. The summed E-state index contributed by atoms with van der Waals surface area (Å²) in [7, 11) is 0. The van der Waals surface area contributed by atoms with Gasteiger partial charge in [0.1, 0.15) is 30.0 Å². The maximum absolute atomic E-state index is 12.7. The number of fused-ring (bicyclic) bond motifs is 6. The molecule has 2 atom stereocenters. The minimum atomic E-state index is -0.502. The van der Waals surface area contributed by atoms with Crippen molar-refractivity contribution in [2.45, 2.75) is 70.6 Å². The van der Waals surface area contributed by atoms with E-state index in [4.69, 9.17) is 23.7 Å². The molecule has 0 aliphatic carbocycles. The summed E-state index contributed by atoms with van der Waals surface area (Å²) in [6.45, 7) is 7.58. The molecule has 4 amide bonds. The lowest BCUT2D eigenvalue weighted by atomic mass is 10.0. The predicted molar refractivity (Wildman–Crippen MR) is 262 cm³/mol. The number of benzene rings is 3. The van der Waals surface area contributed by atoms with Gasteiger partial charge < -0.3 is 32.8 Å². The van der Waals surface area contributed by atoms with Crippen LogP contribution in [-0.4, -0.2) is 102 Å². The lowest BCUT2D eigenvalue weighted by Crippen LogP contribution is -2.41. The molecule has 4 aromatic heterocycles. The van der Waals surface area contributed by atoms with E-state index in [1.165, 1.54) is 5.56 Å². The van der Waals surface area contributed by atoms with Gasteiger partial charge in [0.25, 0.3) is 0 Å². The molecule has 2 fully saturated rings. The van der Waals surface area contributed by atoms with Gasteiger partial charge in [-0.05, 0) is 85.7 Å². The Balaban J connectivity index is 0.000000190. The minimum Gasteiger partial charge on any atom is -0.379 e. The average Bonchev–Trinajstić information content (AvgIpc) is 3.88. The first-order chi connectivity index (χ1) is 33.9. The van der Waals surface area contributed by atoms with E-state index in [1.54, 1.807) is 12.4 Å². The highest BCUT2D eigenvalue weighted by Gasteiger charge is 2.32. The SMILES string of the molecule is CCCOCCOCCCc1cccc2c1c1cccnc1n2C1CCC(=O)NC1=O.O=C1CCC(n2c3cccc(C#CCOCCOCCOCc4ccccc4)c3c3cccnc32)C(=O)N1. The van der Waals surface area contributed by atoms with Crippen LogP contribution in [0.3, 0.4) is 0 Å². The number of pyridine rings is 2. The van der Waals surface area contributed by atoms with Gasteiger partial charge in [-0.3, -0.25) is 29.8 Å². The van der Waals surface area contributed by atoms with E-state index in [2.05, 4.69) is 51.5 Å². The van der Waals surface area contributed by atoms with E-state index in [1.807, 2.05) is 88.0 Å². The molecule has 2 saturated heterocycles. The monoisotopic (exact) mass is 934 g/mol. The number of hydrogen-bond donors (Lipinski definition) is 2. The number of carbonyl (C=O) groups excluding carboxylic acids is 4. The summed E-state index contributed by atoms with van der Waals surface area (Å²) in [5, 5.41) is 8.94. The Labute approximate surface area is 400 Å². The van der Waals surface area contributed by atoms with Gasteiger partial charge in [0.2, 0.25) is 23.6 Å². The van der Waals surface area contributed by atoms with Crippen LogP contribution in [0.1, 0.15) is 74.2 Å². The van der Waals surface area contributed by atoms with Gasteiger partial charge in [0.15, 0.2) is 0 Å². The fraction of sp³-hybridized carbons (Fsp3) is 0.370. The van der Waals surface area contributed by atoms with E-state index in [-0.39, 0.29) is 30.2 Å². The maximum Gasteiger partial charge on any atom is 0.249 e. The molecule has 0 bridgehead atoms. The Kier molecular flexibility index (Phi) is 17.3. The molecule has 15 nitrogen and oxygen atoms in total. The standard InChI is InChI=1S/C30H29N3O5.C24H29N3O4/c34-27-14-13-26(30(35)32-27)33-25-12-4-9-23(28(25)24-11-5-15-31-29(24)33)10-6-16-36-17-18-37-19-20-38-21-22-7-2-1-3-8-22;1-2-13-30-15-16-31-14-5-7-17-6-3-9-19-22(17)18-8-4-12-25-23(18)27(19)20-10-11-21(28)26-24(20)29/h1-5,7-9,11-12,15,26H,13-14,16-21H2,(H,32,34,35);3-4,6,8-9,12,20H,2,5,7,10-11,13-16H2,1H3,(H,26,28,29). The molecule has 2 aliphatic rings. The third-order valence-electron chi connectivity index (χ3n) is 12.0. The van der Waals surface area contributed by atoms with E-state index in [0.29, 0.717) is 84.2 Å². The van der Waals surface area contributed by atoms with Crippen LogP contribution in [0.5, 0.6) is 0 Å². The number of carbonyl (C=O) groups is 4. The fourth-order valence-electron chi connectivity index (χ4n) is 8.91. The number of rotatable bonds is 20. The summed E-state index contributed by atoms with van der Waals surface area (Å²) in [6, 6.07) is 29.0. The Morgan fingerprint density at radius 3 is 1.80 bits per heavy atom. The molecule has 2 unspecified atom stereocenters. The number of ether oxygens (including phenoxy) is 5. The quantitative estimate of drug-likeness (QED) is 0.0446. The number of aromatic nitrogens is 4. The third-order valence-corrected chi connectivity index (χ3v) is 12.0. The first-order valence-electron chi connectivity index (χ1n) is 23.8. The van der Waals surface area contributed by atoms with Crippen molar-refractivity contribution in [3.05, 3.63) is 120 Å². The molecule has 7 aromatic rings. The van der Waals surface area contributed by atoms with Crippen LogP contribution >= 0.6 is 0 Å². The van der Waals surface area contributed by atoms with Crippen molar-refractivity contribution in [2.24, 2.45) is 0 Å². The lowest BCUT2D eigenvalue weighted by molar-refractivity contribution is -0.137. The topological polar surface area (TPSA) is 174 Å². The van der Waals surface area contributed by atoms with Crippen LogP contribution in [-0.2, 0) is 55.9 Å². The van der Waals surface area contributed by atoms with Crippen LogP contribution < -0.4 is 10.6 Å². The first kappa shape index (κ1) is 48.6. The number of piperidine rings is 2. The van der Waals surface area contributed by atoms with Crippen LogP contribution in [0, 0.1) is 11.8 Å². The smallest absolute Gasteiger partial charge is 0.249 e. The summed E-state index contributed by atoms with van der Waals surface area (Å²) in [5.41, 5.74) is 6.52. The average molecular weight is 935 g/mol. The van der Waals surface area contributed by atoms with E-state index >= 15 is 0 Å². The maximum atomic E-state index is 12.7. The van der Waals surface area contributed by atoms with Crippen molar-refractivity contribution in [3.8, 4) is 11.8 Å². The molecule has 69 heavy (non-hydrogen) atoms. The largest absolute Gasteiger partial charge is 0.379 e. The van der Waals surface area contributed by atoms with Gasteiger partial charge in [0, 0.05) is 65.6 Å². The molecule has 15 heteroatoms. The van der Waals surface area contributed by atoms with E-state index < -0.39 is 12.1 Å². The van der Waals surface area contributed by atoms with Gasteiger partial charge in [-0.2, -0.15) is 0 Å². The minimum absolute atomic E-state index is 0.212. The molecule has 2 aliphatic heterocycles. The second-order valence-corrected chi connectivity index (χ2v) is 16.8. The molecule has 358 valence electrons. The second-order valence-electron chi connectivity index (χ2n) is 16.8. The number of nitrogens with one attached hydrogen (secondary N) is 2. The normalized spacial score (nSPS) is 16.1. The summed E-state index contributed by atoms with van der Waals surface area (Å²) in [5.74, 6) is 5.28. The number of nitrogens with zero attached hydrogens (tertiary/aromatic N) is 4. The highest BCUT2D eigenvalue weighted by atomic mass is 16.5. The molecular formula is C54H58N6O9. The van der Waals surface area contributed by atoms with Gasteiger partial charge in [-0.1, -0.05) is 67.3 Å². The molecule has 0 saturated carbocycles. The highest BCUT2D eigenvalue weighted by Crippen LogP contribution is 2.37. The van der Waals surface area contributed by atoms with E-state index in [9.17, 15) is 19.2 Å². The lowest BCUT2D eigenvalue weighted by Gasteiger charge is -2.23. The van der Waals surface area contributed by atoms with Crippen LogP contribution in [0.4, 0.5) is 0 Å². The molecule has 3 aromatic carbocycles. The Morgan fingerprint density at radius 1 is 0.594 bits per heavy atom. The fourth-order valence-corrected chi connectivity index (χ4v) is 8.91. The van der Waals surface area contributed by atoms with Crippen LogP contribution in [0.15, 0.2) is 103 Å². The van der Waals surface area contributed by atoms with Crippen LogP contribution in [0.2, 0.25) is 0 Å². The van der Waals surface area contributed by atoms with Crippen LogP contribution in [0.25, 0.3) is 43.9 Å². The second kappa shape index (κ2) is 24.5. The van der Waals surface area contributed by atoms with E-state index in [0.717, 1.165) is 75.2 Å². The van der Waals surface area contributed by atoms with Crippen molar-refractivity contribution >= 4 is 67.5 Å². The highest BCUT2D eigenvalue weighted by molar-refractivity contribution is 6.12. The number of aryl methyl sites for hydroxylation is 1. The Morgan fingerprint density at radius 2 is 1.16 bits per heavy atom. The molecular weight excluding hydrogens is 877 g/mol. The van der Waals surface area contributed by atoms with Crippen molar-refractivity contribution in [3.63, 3.8) is 0 Å². The number of hydrogen-bond acceptors (Lipinski definition) is 11. The van der Waals surface area contributed by atoms with Crippen molar-refractivity contribution in [1.29, 1.82) is 0 Å².